The number of rotatable bonds is 9. The number of nitrogens with one attached hydrogen (secondary N) is 1. The van der Waals surface area contributed by atoms with Crippen LogP contribution in [-0.4, -0.2) is 32.5 Å². The Balaban J connectivity index is 2.12. The molecule has 0 aliphatic carbocycles. The molecule has 0 saturated heterocycles. The third-order valence-electron chi connectivity index (χ3n) is 4.06. The second-order valence-electron chi connectivity index (χ2n) is 6.66. The fourth-order valence-corrected chi connectivity index (χ4v) is 3.37. The highest BCUT2D eigenvalue weighted by Gasteiger charge is 2.22. The molecule has 2 rings (SSSR count). The van der Waals surface area contributed by atoms with Gasteiger partial charge < -0.3 is 14.6 Å². The van der Waals surface area contributed by atoms with E-state index in [-0.39, 0.29) is 29.5 Å². The molecule has 0 bridgehead atoms. The van der Waals surface area contributed by atoms with Crippen LogP contribution in [0, 0.1) is 5.82 Å². The van der Waals surface area contributed by atoms with Crippen molar-refractivity contribution in [2.24, 2.45) is 0 Å². The summed E-state index contributed by atoms with van der Waals surface area (Å²) in [6.45, 7) is 9.81. The highest BCUT2D eigenvalue weighted by molar-refractivity contribution is 7.99. The zero-order valence-electron chi connectivity index (χ0n) is 16.4. The van der Waals surface area contributed by atoms with E-state index in [4.69, 9.17) is 4.74 Å². The molecule has 148 valence electrons. The predicted molar refractivity (Wildman–Crippen MR) is 104 cm³/mol. The molecule has 0 fully saturated rings. The van der Waals surface area contributed by atoms with Crippen LogP contribution < -0.4 is 10.1 Å². The number of nitrogens with zero attached hydrogens (tertiary/aromatic N) is 3. The van der Waals surface area contributed by atoms with E-state index < -0.39 is 11.9 Å². The van der Waals surface area contributed by atoms with Crippen LogP contribution in [-0.2, 0) is 4.79 Å². The SMILES string of the molecule is CCC(C)NC(=O)CSc1nnc(C(C)Oc2ccccc2F)n1C(C)C. The first kappa shape index (κ1) is 21.2. The van der Waals surface area contributed by atoms with Gasteiger partial charge in [0.15, 0.2) is 28.7 Å². The first-order valence-corrected chi connectivity index (χ1v) is 10.1. The fraction of sp³-hybridized carbons (Fsp3) is 0.526. The molecule has 0 aliphatic heterocycles. The summed E-state index contributed by atoms with van der Waals surface area (Å²) >= 11 is 1.33. The van der Waals surface area contributed by atoms with Gasteiger partial charge in [-0.15, -0.1) is 10.2 Å². The van der Waals surface area contributed by atoms with E-state index in [1.807, 2.05) is 32.3 Å². The summed E-state index contributed by atoms with van der Waals surface area (Å²) in [7, 11) is 0. The van der Waals surface area contributed by atoms with Gasteiger partial charge in [-0.2, -0.15) is 0 Å². The number of amides is 1. The van der Waals surface area contributed by atoms with Gasteiger partial charge in [-0.25, -0.2) is 4.39 Å². The Labute approximate surface area is 163 Å². The quantitative estimate of drug-likeness (QED) is 0.647. The third kappa shape index (κ3) is 5.69. The van der Waals surface area contributed by atoms with Gasteiger partial charge in [0.05, 0.1) is 5.75 Å². The second-order valence-corrected chi connectivity index (χ2v) is 7.60. The van der Waals surface area contributed by atoms with Gasteiger partial charge in [-0.3, -0.25) is 4.79 Å². The number of hydrogen-bond donors (Lipinski definition) is 1. The lowest BCUT2D eigenvalue weighted by Gasteiger charge is -2.19. The summed E-state index contributed by atoms with van der Waals surface area (Å²) in [5.74, 6) is 0.572. The zero-order chi connectivity index (χ0) is 20.0. The van der Waals surface area contributed by atoms with E-state index in [0.717, 1.165) is 6.42 Å². The van der Waals surface area contributed by atoms with Crippen molar-refractivity contribution in [1.29, 1.82) is 0 Å². The number of carbonyl (C=O) groups is 1. The molecule has 0 radical (unpaired) electrons. The highest BCUT2D eigenvalue weighted by atomic mass is 32.2. The molecule has 2 aromatic rings. The smallest absolute Gasteiger partial charge is 0.230 e. The lowest BCUT2D eigenvalue weighted by Crippen LogP contribution is -2.33. The first-order chi connectivity index (χ1) is 12.8. The molecular formula is C19H27FN4O2S. The van der Waals surface area contributed by atoms with Crippen molar-refractivity contribution >= 4 is 17.7 Å². The number of ether oxygens (including phenoxy) is 1. The van der Waals surface area contributed by atoms with E-state index in [2.05, 4.69) is 15.5 Å². The Bertz CT molecular complexity index is 766. The number of thioether (sulfide) groups is 1. The van der Waals surface area contributed by atoms with Gasteiger partial charge in [0, 0.05) is 12.1 Å². The van der Waals surface area contributed by atoms with Gasteiger partial charge in [0.25, 0.3) is 0 Å². The van der Waals surface area contributed by atoms with E-state index in [0.29, 0.717) is 11.0 Å². The second kappa shape index (κ2) is 9.73. The van der Waals surface area contributed by atoms with Crippen LogP contribution in [0.1, 0.15) is 59.0 Å². The van der Waals surface area contributed by atoms with Crippen LogP contribution in [0.25, 0.3) is 0 Å². The lowest BCUT2D eigenvalue weighted by molar-refractivity contribution is -0.119. The van der Waals surface area contributed by atoms with Crippen LogP contribution in [0.5, 0.6) is 5.75 Å². The Kier molecular flexibility index (Phi) is 7.65. The molecule has 8 heteroatoms. The maximum absolute atomic E-state index is 13.9. The van der Waals surface area contributed by atoms with Crippen molar-refractivity contribution in [3.63, 3.8) is 0 Å². The molecular weight excluding hydrogens is 367 g/mol. The minimum absolute atomic E-state index is 0.0372. The van der Waals surface area contributed by atoms with Crippen LogP contribution in [0.2, 0.25) is 0 Å². The molecule has 1 aromatic carbocycles. The summed E-state index contributed by atoms with van der Waals surface area (Å²) in [4.78, 5) is 12.0. The molecule has 1 amide bonds. The van der Waals surface area contributed by atoms with E-state index in [1.54, 1.807) is 25.1 Å². The average Bonchev–Trinajstić information content (AvgIpc) is 3.06. The summed E-state index contributed by atoms with van der Waals surface area (Å²) < 4.78 is 21.5. The van der Waals surface area contributed by atoms with Gasteiger partial charge in [0.2, 0.25) is 5.91 Å². The monoisotopic (exact) mass is 394 g/mol. The van der Waals surface area contributed by atoms with Gasteiger partial charge in [0.1, 0.15) is 0 Å². The standard InChI is InChI=1S/C19H27FN4O2S/c1-6-13(4)21-17(25)11-27-19-23-22-18(24(19)12(2)3)14(5)26-16-10-8-7-9-15(16)20/h7-10,12-14H,6,11H2,1-5H3,(H,21,25). The normalized spacial score (nSPS) is 13.4. The summed E-state index contributed by atoms with van der Waals surface area (Å²) in [5.41, 5.74) is 0. The Hall–Kier alpha value is -2.09. The molecule has 2 unspecified atom stereocenters. The molecule has 0 spiro atoms. The number of hydrogen-bond acceptors (Lipinski definition) is 5. The molecule has 0 saturated carbocycles. The number of carbonyl (C=O) groups excluding carboxylic acids is 1. The third-order valence-corrected chi connectivity index (χ3v) is 5.01. The van der Waals surface area contributed by atoms with Crippen molar-refractivity contribution in [3.05, 3.63) is 35.9 Å². The lowest BCUT2D eigenvalue weighted by atomic mass is 10.3. The fourth-order valence-electron chi connectivity index (χ4n) is 2.48. The van der Waals surface area contributed by atoms with Crippen molar-refractivity contribution < 1.29 is 13.9 Å². The van der Waals surface area contributed by atoms with Crippen molar-refractivity contribution in [2.45, 2.75) is 64.4 Å². The maximum Gasteiger partial charge on any atom is 0.230 e. The number of benzene rings is 1. The van der Waals surface area contributed by atoms with Crippen molar-refractivity contribution in [1.82, 2.24) is 20.1 Å². The van der Waals surface area contributed by atoms with Gasteiger partial charge >= 0.3 is 0 Å². The molecule has 27 heavy (non-hydrogen) atoms. The Morgan fingerprint density at radius 2 is 1.96 bits per heavy atom. The van der Waals surface area contributed by atoms with Crippen LogP contribution in [0.15, 0.2) is 29.4 Å². The van der Waals surface area contributed by atoms with Crippen LogP contribution in [0.4, 0.5) is 4.39 Å². The van der Waals surface area contributed by atoms with Gasteiger partial charge in [-0.1, -0.05) is 30.8 Å². The van der Waals surface area contributed by atoms with Crippen LogP contribution >= 0.6 is 11.8 Å². The van der Waals surface area contributed by atoms with E-state index >= 15 is 0 Å². The molecule has 1 heterocycles. The minimum Gasteiger partial charge on any atom is -0.480 e. The van der Waals surface area contributed by atoms with Crippen LogP contribution in [0.3, 0.4) is 0 Å². The molecule has 6 nitrogen and oxygen atoms in total. The van der Waals surface area contributed by atoms with E-state index in [1.165, 1.54) is 17.8 Å². The van der Waals surface area contributed by atoms with Gasteiger partial charge in [-0.05, 0) is 46.2 Å². The maximum atomic E-state index is 13.9. The predicted octanol–water partition coefficient (Wildman–Crippen LogP) is 4.14. The number of aromatic nitrogens is 3. The van der Waals surface area contributed by atoms with Crippen molar-refractivity contribution in [3.8, 4) is 5.75 Å². The topological polar surface area (TPSA) is 69.0 Å². The summed E-state index contributed by atoms with van der Waals surface area (Å²) in [6, 6.07) is 6.48. The Morgan fingerprint density at radius 1 is 1.26 bits per heavy atom. The average molecular weight is 395 g/mol. The minimum atomic E-state index is -0.486. The summed E-state index contributed by atoms with van der Waals surface area (Å²) in [6.07, 6.45) is 0.397. The summed E-state index contributed by atoms with van der Waals surface area (Å²) in [5, 5.41) is 12.0. The largest absolute Gasteiger partial charge is 0.480 e. The first-order valence-electron chi connectivity index (χ1n) is 9.11. The Morgan fingerprint density at radius 3 is 2.59 bits per heavy atom. The van der Waals surface area contributed by atoms with E-state index in [9.17, 15) is 9.18 Å². The highest BCUT2D eigenvalue weighted by Crippen LogP contribution is 2.28. The van der Waals surface area contributed by atoms with Crippen molar-refractivity contribution in [2.75, 3.05) is 5.75 Å². The zero-order valence-corrected chi connectivity index (χ0v) is 17.2. The molecule has 1 N–H and O–H groups in total. The molecule has 1 aromatic heterocycles. The molecule has 2 atom stereocenters. The number of halogens is 1. The number of para-hydroxylation sites is 1. The molecule has 0 aliphatic rings.